The first-order chi connectivity index (χ1) is 14.0. The molecule has 1 aliphatic heterocycles. The summed E-state index contributed by atoms with van der Waals surface area (Å²) in [7, 11) is 0. The van der Waals surface area contributed by atoms with Crippen LogP contribution in [0.25, 0.3) is 11.1 Å². The first-order valence-corrected chi connectivity index (χ1v) is 9.74. The molecular formula is C22H24F2N2O3. The molecule has 5 nitrogen and oxygen atoms in total. The highest BCUT2D eigenvalue weighted by Crippen LogP contribution is 2.30. The first-order valence-electron chi connectivity index (χ1n) is 9.74. The SMILES string of the molecule is CC(C(C(=O)N1CCCCC1)c1ccc(-c2ccccc2)cc1)N(F)C(=O)OF. The Morgan fingerprint density at radius 1 is 0.966 bits per heavy atom. The van der Waals surface area contributed by atoms with E-state index < -0.39 is 18.1 Å². The number of carbonyl (C=O) groups is 2. The van der Waals surface area contributed by atoms with Crippen molar-refractivity contribution in [1.82, 2.24) is 10.0 Å². The Bertz CT molecular complexity index is 824. The second-order valence-electron chi connectivity index (χ2n) is 7.25. The van der Waals surface area contributed by atoms with Crippen molar-refractivity contribution in [3.63, 3.8) is 0 Å². The summed E-state index contributed by atoms with van der Waals surface area (Å²) in [5.41, 5.74) is 2.52. The molecule has 0 spiro atoms. The number of benzene rings is 2. The maximum Gasteiger partial charge on any atom is 0.475 e. The fraction of sp³-hybridized carbons (Fsp3) is 0.364. The monoisotopic (exact) mass is 402 g/mol. The summed E-state index contributed by atoms with van der Waals surface area (Å²) in [5, 5.41) is -0.363. The first kappa shape index (κ1) is 20.8. The van der Waals surface area contributed by atoms with E-state index in [0.29, 0.717) is 18.7 Å². The van der Waals surface area contributed by atoms with E-state index in [2.05, 4.69) is 4.94 Å². The minimum Gasteiger partial charge on any atom is -0.342 e. The number of nitrogens with zero attached hydrogens (tertiary/aromatic N) is 2. The van der Waals surface area contributed by atoms with Gasteiger partial charge in [-0.1, -0.05) is 59.1 Å². The Hall–Kier alpha value is -2.96. The summed E-state index contributed by atoms with van der Waals surface area (Å²) in [5.74, 6) is -1.25. The average molecular weight is 402 g/mol. The van der Waals surface area contributed by atoms with E-state index in [4.69, 9.17) is 0 Å². The van der Waals surface area contributed by atoms with Crippen molar-refractivity contribution in [3.8, 4) is 11.1 Å². The van der Waals surface area contributed by atoms with Crippen LogP contribution >= 0.6 is 0 Å². The normalized spacial score (nSPS) is 16.0. The van der Waals surface area contributed by atoms with Crippen LogP contribution in [0.4, 0.5) is 13.8 Å². The van der Waals surface area contributed by atoms with Crippen LogP contribution in [0.15, 0.2) is 54.6 Å². The Labute approximate surface area is 168 Å². The van der Waals surface area contributed by atoms with E-state index >= 15 is 0 Å². The van der Waals surface area contributed by atoms with Gasteiger partial charge in [0.2, 0.25) is 5.91 Å². The van der Waals surface area contributed by atoms with Gasteiger partial charge in [-0.05, 0) is 42.9 Å². The molecule has 2 aromatic rings. The third-order valence-corrected chi connectivity index (χ3v) is 5.39. The molecule has 3 rings (SSSR count). The van der Waals surface area contributed by atoms with Crippen molar-refractivity contribution in [2.24, 2.45) is 0 Å². The van der Waals surface area contributed by atoms with Crippen LogP contribution in [0, 0.1) is 0 Å². The molecule has 0 bridgehead atoms. The predicted octanol–water partition coefficient (Wildman–Crippen LogP) is 5.05. The van der Waals surface area contributed by atoms with E-state index in [0.717, 1.165) is 30.4 Å². The summed E-state index contributed by atoms with van der Waals surface area (Å²) in [6.45, 7) is 2.54. The van der Waals surface area contributed by atoms with E-state index in [9.17, 15) is 18.6 Å². The number of carbonyl (C=O) groups excluding carboxylic acids is 2. The van der Waals surface area contributed by atoms with Crippen molar-refractivity contribution < 1.29 is 23.5 Å². The average Bonchev–Trinajstić information content (AvgIpc) is 2.79. The lowest BCUT2D eigenvalue weighted by Crippen LogP contribution is -2.46. The molecule has 29 heavy (non-hydrogen) atoms. The van der Waals surface area contributed by atoms with Crippen LogP contribution in [0.3, 0.4) is 0 Å². The maximum atomic E-state index is 14.3. The van der Waals surface area contributed by atoms with Crippen LogP contribution < -0.4 is 0 Å². The maximum absolute atomic E-state index is 14.3. The topological polar surface area (TPSA) is 49.9 Å². The Kier molecular flexibility index (Phi) is 6.80. The smallest absolute Gasteiger partial charge is 0.342 e. The van der Waals surface area contributed by atoms with Crippen LogP contribution in [0.2, 0.25) is 0 Å². The fourth-order valence-corrected chi connectivity index (χ4v) is 3.78. The second-order valence-corrected chi connectivity index (χ2v) is 7.25. The third-order valence-electron chi connectivity index (χ3n) is 5.39. The predicted molar refractivity (Wildman–Crippen MR) is 105 cm³/mol. The highest BCUT2D eigenvalue weighted by Gasteiger charge is 2.37. The molecule has 1 fully saturated rings. The van der Waals surface area contributed by atoms with E-state index in [-0.39, 0.29) is 11.0 Å². The largest absolute Gasteiger partial charge is 0.475 e. The van der Waals surface area contributed by atoms with Crippen LogP contribution in [0.1, 0.15) is 37.7 Å². The van der Waals surface area contributed by atoms with E-state index in [1.165, 1.54) is 6.92 Å². The van der Waals surface area contributed by atoms with Crippen LogP contribution in [-0.4, -0.2) is 41.2 Å². The molecular weight excluding hydrogens is 378 g/mol. The molecule has 0 aromatic heterocycles. The van der Waals surface area contributed by atoms with E-state index in [1.807, 2.05) is 42.5 Å². The Morgan fingerprint density at radius 2 is 1.55 bits per heavy atom. The number of halogens is 2. The van der Waals surface area contributed by atoms with E-state index in [1.54, 1.807) is 17.0 Å². The van der Waals surface area contributed by atoms with Crippen molar-refractivity contribution >= 4 is 12.0 Å². The summed E-state index contributed by atoms with van der Waals surface area (Å²) < 4.78 is 26.6. The zero-order valence-corrected chi connectivity index (χ0v) is 16.3. The third kappa shape index (κ3) is 4.72. The number of hydrogen-bond donors (Lipinski definition) is 0. The molecule has 0 radical (unpaired) electrons. The van der Waals surface area contributed by atoms with Gasteiger partial charge in [0, 0.05) is 17.6 Å². The summed E-state index contributed by atoms with van der Waals surface area (Å²) in [6, 6.07) is 15.7. The molecule has 2 unspecified atom stereocenters. The second kappa shape index (κ2) is 9.49. The van der Waals surface area contributed by atoms with Crippen molar-refractivity contribution in [1.29, 1.82) is 0 Å². The molecule has 1 heterocycles. The summed E-state index contributed by atoms with van der Waals surface area (Å²) in [6.07, 6.45) is 1.03. The van der Waals surface area contributed by atoms with Crippen LogP contribution in [0.5, 0.6) is 0 Å². The highest BCUT2D eigenvalue weighted by molar-refractivity contribution is 5.85. The number of rotatable bonds is 5. The molecule has 2 aromatic carbocycles. The fourth-order valence-electron chi connectivity index (χ4n) is 3.78. The quantitative estimate of drug-likeness (QED) is 0.658. The van der Waals surface area contributed by atoms with Gasteiger partial charge in [0.05, 0.1) is 12.0 Å². The summed E-state index contributed by atoms with van der Waals surface area (Å²) >= 11 is 0. The summed E-state index contributed by atoms with van der Waals surface area (Å²) in [4.78, 5) is 29.2. The van der Waals surface area contributed by atoms with Gasteiger partial charge in [-0.3, -0.25) is 4.79 Å². The Morgan fingerprint density at radius 3 is 2.14 bits per heavy atom. The molecule has 7 heteroatoms. The molecule has 1 aliphatic rings. The highest BCUT2D eigenvalue weighted by atomic mass is 19.3. The zero-order chi connectivity index (χ0) is 20.8. The number of amides is 2. The molecule has 0 aliphatic carbocycles. The molecule has 2 atom stereocenters. The van der Waals surface area contributed by atoms with Crippen molar-refractivity contribution in [2.75, 3.05) is 13.1 Å². The number of likely N-dealkylation sites (tertiary alicyclic amines) is 1. The molecule has 154 valence electrons. The van der Waals surface area contributed by atoms with Crippen molar-refractivity contribution in [3.05, 3.63) is 60.2 Å². The van der Waals surface area contributed by atoms with Crippen LogP contribution in [-0.2, 0) is 9.74 Å². The van der Waals surface area contributed by atoms with Gasteiger partial charge >= 0.3 is 6.09 Å². The minimum absolute atomic E-state index is 0.279. The van der Waals surface area contributed by atoms with Gasteiger partial charge < -0.3 is 4.90 Å². The lowest BCUT2D eigenvalue weighted by Gasteiger charge is -2.34. The lowest BCUT2D eigenvalue weighted by atomic mass is 9.89. The van der Waals surface area contributed by atoms with Gasteiger partial charge in [0.1, 0.15) is 0 Å². The number of hydrogen-bond acceptors (Lipinski definition) is 3. The Balaban J connectivity index is 1.91. The standard InChI is InChI=1S/C22H24F2N2O3/c1-16(26(23)22(28)29-24)20(21(27)25-14-6-3-7-15-25)19-12-10-18(11-13-19)17-8-4-2-5-9-17/h2,4-5,8-13,16,20H,3,6-7,14-15H2,1H3. The minimum atomic E-state index is -1.77. The number of piperidine rings is 1. The van der Waals surface area contributed by atoms with Crippen molar-refractivity contribution in [2.45, 2.75) is 38.1 Å². The van der Waals surface area contributed by atoms with Gasteiger partial charge in [-0.25, -0.2) is 9.74 Å². The van der Waals surface area contributed by atoms with Gasteiger partial charge in [0.15, 0.2) is 0 Å². The molecule has 0 saturated carbocycles. The van der Waals surface area contributed by atoms with Gasteiger partial charge in [-0.15, -0.1) is 5.12 Å². The lowest BCUT2D eigenvalue weighted by molar-refractivity contribution is -0.141. The zero-order valence-electron chi connectivity index (χ0n) is 16.3. The molecule has 0 N–H and O–H groups in total. The van der Waals surface area contributed by atoms with Gasteiger partial charge in [-0.2, -0.15) is 0 Å². The van der Waals surface area contributed by atoms with Gasteiger partial charge in [0.25, 0.3) is 0 Å². The molecule has 1 saturated heterocycles. The molecule has 2 amide bonds.